The summed E-state index contributed by atoms with van der Waals surface area (Å²) >= 11 is 6.84. The molecule has 0 unspecified atom stereocenters. The summed E-state index contributed by atoms with van der Waals surface area (Å²) < 4.78 is 1.78. The average molecular weight is 614 g/mol. The van der Waals surface area contributed by atoms with Gasteiger partial charge in [0.25, 0.3) is 11.8 Å². The van der Waals surface area contributed by atoms with E-state index in [4.69, 9.17) is 0 Å². The molecule has 4 rings (SSSR count). The highest BCUT2D eigenvalue weighted by atomic mass is 79.9. The molecule has 4 aromatic rings. The minimum absolute atomic E-state index is 0.192. The van der Waals surface area contributed by atoms with Crippen LogP contribution in [0.25, 0.3) is 0 Å². The van der Waals surface area contributed by atoms with Gasteiger partial charge in [-0.05, 0) is 60.7 Å². The van der Waals surface area contributed by atoms with Crippen LogP contribution in [0.1, 0.15) is 20.7 Å². The molecule has 0 saturated heterocycles. The molecule has 0 aliphatic rings. The Labute approximate surface area is 222 Å². The van der Waals surface area contributed by atoms with E-state index in [0.717, 1.165) is 18.7 Å². The second-order valence-electron chi connectivity index (χ2n) is 7.09. The van der Waals surface area contributed by atoms with Gasteiger partial charge in [0, 0.05) is 30.1 Å². The Morgan fingerprint density at radius 3 is 1.38 bits per heavy atom. The lowest BCUT2D eigenvalue weighted by molar-refractivity contribution is 0.101. The number of halogens is 2. The molecule has 0 aromatic heterocycles. The van der Waals surface area contributed by atoms with Gasteiger partial charge in [-0.25, -0.2) is 0 Å². The lowest BCUT2D eigenvalue weighted by Crippen LogP contribution is -2.13. The highest BCUT2D eigenvalue weighted by Gasteiger charge is 2.16. The zero-order valence-corrected chi connectivity index (χ0v) is 22.4. The van der Waals surface area contributed by atoms with Crippen molar-refractivity contribution in [2.45, 2.75) is 9.79 Å². The number of nitrogens with one attached hydrogen (secondary N) is 2. The smallest absolute Gasteiger partial charge is 0.256 e. The Balaban J connectivity index is 1.49. The maximum Gasteiger partial charge on any atom is 0.256 e. The molecule has 0 bridgehead atoms. The quantitative estimate of drug-likeness (QED) is 0.205. The predicted octanol–water partition coefficient (Wildman–Crippen LogP) is 8.52. The highest BCUT2D eigenvalue weighted by Crippen LogP contribution is 2.40. The number of hydrogen-bond donors (Lipinski definition) is 2. The molecular weight excluding hydrogens is 596 g/mol. The van der Waals surface area contributed by atoms with Crippen LogP contribution in [0.3, 0.4) is 0 Å². The van der Waals surface area contributed by atoms with Gasteiger partial charge in [0.2, 0.25) is 0 Å². The zero-order chi connectivity index (χ0) is 23.9. The molecule has 0 spiro atoms. The maximum atomic E-state index is 12.9. The highest BCUT2D eigenvalue weighted by molar-refractivity contribution is 9.10. The Hall–Kier alpha value is -2.52. The first kappa shape index (κ1) is 24.6. The van der Waals surface area contributed by atoms with Crippen LogP contribution in [0, 0.1) is 0 Å². The van der Waals surface area contributed by atoms with E-state index in [1.54, 1.807) is 12.1 Å². The Morgan fingerprint density at radius 2 is 0.971 bits per heavy atom. The van der Waals surface area contributed by atoms with E-state index in [1.165, 1.54) is 21.6 Å². The van der Waals surface area contributed by atoms with E-state index < -0.39 is 0 Å². The van der Waals surface area contributed by atoms with Crippen molar-refractivity contribution in [1.29, 1.82) is 0 Å². The molecule has 0 aliphatic carbocycles. The van der Waals surface area contributed by atoms with Crippen molar-refractivity contribution in [3.63, 3.8) is 0 Å². The van der Waals surface area contributed by atoms with Crippen LogP contribution in [0.15, 0.2) is 116 Å². The van der Waals surface area contributed by atoms with Crippen molar-refractivity contribution in [3.8, 4) is 0 Å². The van der Waals surface area contributed by atoms with E-state index in [-0.39, 0.29) is 11.8 Å². The predicted molar refractivity (Wildman–Crippen MR) is 149 cm³/mol. The lowest BCUT2D eigenvalue weighted by Gasteiger charge is -2.12. The Morgan fingerprint density at radius 1 is 0.559 bits per heavy atom. The third-order valence-corrected chi connectivity index (χ3v) is 8.12. The number of rotatable bonds is 7. The van der Waals surface area contributed by atoms with Crippen molar-refractivity contribution >= 4 is 76.6 Å². The molecule has 0 atom stereocenters. The molecular formula is C26H18Br2N2O2S2. The van der Waals surface area contributed by atoms with Gasteiger partial charge in [-0.3, -0.25) is 9.59 Å². The molecule has 34 heavy (non-hydrogen) atoms. The molecule has 2 N–H and O–H groups in total. The van der Waals surface area contributed by atoms with Crippen LogP contribution < -0.4 is 10.6 Å². The van der Waals surface area contributed by atoms with Crippen LogP contribution in [-0.4, -0.2) is 11.8 Å². The van der Waals surface area contributed by atoms with Gasteiger partial charge < -0.3 is 10.6 Å². The summed E-state index contributed by atoms with van der Waals surface area (Å²) in [6.07, 6.45) is 0. The van der Waals surface area contributed by atoms with Gasteiger partial charge >= 0.3 is 0 Å². The summed E-state index contributed by atoms with van der Waals surface area (Å²) in [5, 5.41) is 5.88. The molecule has 0 saturated carbocycles. The van der Waals surface area contributed by atoms with Gasteiger partial charge in [0.1, 0.15) is 0 Å². The first-order chi connectivity index (χ1) is 16.5. The van der Waals surface area contributed by atoms with Gasteiger partial charge in [0.15, 0.2) is 0 Å². The third-order valence-electron chi connectivity index (χ3n) is 4.65. The normalized spacial score (nSPS) is 10.5. The van der Waals surface area contributed by atoms with Gasteiger partial charge in [-0.2, -0.15) is 0 Å². The lowest BCUT2D eigenvalue weighted by atomic mass is 10.2. The fourth-order valence-corrected chi connectivity index (χ4v) is 6.23. The summed E-state index contributed by atoms with van der Waals surface area (Å²) in [4.78, 5) is 27.5. The molecule has 0 radical (unpaired) electrons. The second-order valence-corrected chi connectivity index (χ2v) is 11.1. The molecule has 0 heterocycles. The average Bonchev–Trinajstić information content (AvgIpc) is 2.83. The van der Waals surface area contributed by atoms with E-state index in [9.17, 15) is 9.59 Å². The molecule has 8 heteroatoms. The first-order valence-electron chi connectivity index (χ1n) is 10.2. The number of hydrogen-bond acceptors (Lipinski definition) is 4. The zero-order valence-electron chi connectivity index (χ0n) is 17.6. The van der Waals surface area contributed by atoms with Gasteiger partial charge in [0.05, 0.1) is 11.1 Å². The van der Waals surface area contributed by atoms with Crippen molar-refractivity contribution in [2.75, 3.05) is 10.6 Å². The van der Waals surface area contributed by atoms with Crippen LogP contribution in [0.4, 0.5) is 11.4 Å². The Kier molecular flexibility index (Phi) is 8.50. The molecule has 4 nitrogen and oxygen atoms in total. The number of anilines is 2. The fourth-order valence-electron chi connectivity index (χ4n) is 3.07. The van der Waals surface area contributed by atoms with Crippen LogP contribution in [-0.2, 0) is 0 Å². The topological polar surface area (TPSA) is 58.2 Å². The SMILES string of the molecule is O=C(Nc1cccc(Br)c1)c1ccccc1SSc1ccccc1C(=O)Nc1cccc(Br)c1. The summed E-state index contributed by atoms with van der Waals surface area (Å²) in [5.41, 5.74) is 2.55. The molecule has 0 fully saturated rings. The summed E-state index contributed by atoms with van der Waals surface area (Å²) in [7, 11) is 2.88. The largest absolute Gasteiger partial charge is 0.322 e. The summed E-state index contributed by atoms with van der Waals surface area (Å²) in [6, 6.07) is 29.8. The van der Waals surface area contributed by atoms with Crippen molar-refractivity contribution in [1.82, 2.24) is 0 Å². The molecule has 4 aromatic carbocycles. The Bertz CT molecular complexity index is 1240. The van der Waals surface area contributed by atoms with Crippen molar-refractivity contribution in [3.05, 3.63) is 117 Å². The van der Waals surface area contributed by atoms with E-state index >= 15 is 0 Å². The minimum atomic E-state index is -0.192. The van der Waals surface area contributed by atoms with Crippen LogP contribution >= 0.6 is 53.4 Å². The monoisotopic (exact) mass is 612 g/mol. The number of carbonyl (C=O) groups is 2. The molecule has 2 amide bonds. The standard InChI is InChI=1S/C26H18Br2N2O2S2/c27-17-7-5-9-19(15-17)29-25(31)21-11-1-3-13-23(21)33-34-24-14-4-2-12-22(24)26(32)30-20-10-6-8-18(28)16-20/h1-16H,(H,29,31)(H,30,32). The van der Waals surface area contributed by atoms with Crippen molar-refractivity contribution < 1.29 is 9.59 Å². The molecule has 170 valence electrons. The minimum Gasteiger partial charge on any atom is -0.322 e. The van der Waals surface area contributed by atoms with E-state index in [1.807, 2.05) is 84.9 Å². The van der Waals surface area contributed by atoms with E-state index in [2.05, 4.69) is 42.5 Å². The third kappa shape index (κ3) is 6.54. The summed E-state index contributed by atoms with van der Waals surface area (Å²) in [5.74, 6) is -0.384. The van der Waals surface area contributed by atoms with E-state index in [0.29, 0.717) is 22.5 Å². The van der Waals surface area contributed by atoms with Crippen LogP contribution in [0.2, 0.25) is 0 Å². The van der Waals surface area contributed by atoms with Gasteiger partial charge in [-0.1, -0.05) is 89.8 Å². The fraction of sp³-hybridized carbons (Fsp3) is 0. The molecule has 0 aliphatic heterocycles. The number of carbonyl (C=O) groups excluding carboxylic acids is 2. The second kappa shape index (κ2) is 11.8. The van der Waals surface area contributed by atoms with Gasteiger partial charge in [-0.15, -0.1) is 0 Å². The van der Waals surface area contributed by atoms with Crippen molar-refractivity contribution in [2.24, 2.45) is 0 Å². The summed E-state index contributed by atoms with van der Waals surface area (Å²) in [6.45, 7) is 0. The number of amides is 2. The number of benzene rings is 4. The first-order valence-corrected chi connectivity index (χ1v) is 13.9. The van der Waals surface area contributed by atoms with Crippen LogP contribution in [0.5, 0.6) is 0 Å². The maximum absolute atomic E-state index is 12.9.